The SMILES string of the molecule is COC(=O)c1ccccc1Cc1nc(Cc2ccccc2COC=O)nc(Nc2ccc(C)cc2C)n1.COC(=O)c1ccccc1Cc1nc(Cc2ccccc2COC=O)nc(Nc2cccc(C)c2)n1.COC(=O)c1ccccc1Cc1nc(Cc2ccccc2COC=O)nc(Nc2ccccc2)n1.COC(=O)c1ccccc1Cc1nc(Cc2ccccc2COC=O)nc(Nc2ccccc2C)n1. The minimum absolute atomic E-state index is 0.164. The zero-order chi connectivity index (χ0) is 101. The number of nitrogens with one attached hydrogen (secondary N) is 4. The second-order valence-corrected chi connectivity index (χ2v) is 32.5. The molecule has 0 unspecified atom stereocenters. The van der Waals surface area contributed by atoms with Crippen molar-refractivity contribution in [2.75, 3.05) is 49.7 Å². The second-order valence-electron chi connectivity index (χ2n) is 32.5. The molecule has 16 rings (SSSR count). The lowest BCUT2D eigenvalue weighted by Gasteiger charge is -2.13. The Balaban J connectivity index is 0.000000161. The number of aryl methyl sites for hydroxylation is 4. The van der Waals surface area contributed by atoms with E-state index < -0.39 is 23.9 Å². The molecule has 0 saturated heterocycles. The van der Waals surface area contributed by atoms with E-state index in [4.69, 9.17) is 52.8 Å². The summed E-state index contributed by atoms with van der Waals surface area (Å²) < 4.78 is 39.6. The quantitative estimate of drug-likeness (QED) is 0.0157. The number of carbonyl (C=O) groups excluding carboxylic acids is 8. The number of para-hydroxylation sites is 2. The number of methoxy groups -OCH3 is 4. The molecule has 32 nitrogen and oxygen atoms in total. The summed E-state index contributed by atoms with van der Waals surface area (Å²) in [4.78, 5) is 148. The van der Waals surface area contributed by atoms with Crippen LogP contribution in [0, 0.1) is 27.7 Å². The maximum absolute atomic E-state index is 12.3. The van der Waals surface area contributed by atoms with Gasteiger partial charge >= 0.3 is 23.9 Å². The van der Waals surface area contributed by atoms with Crippen LogP contribution in [0.5, 0.6) is 0 Å². The first-order valence-corrected chi connectivity index (χ1v) is 45.7. The molecule has 12 aromatic carbocycles. The Hall–Kier alpha value is -18.4. The van der Waals surface area contributed by atoms with Gasteiger partial charge in [-0.3, -0.25) is 19.2 Å². The lowest BCUT2D eigenvalue weighted by atomic mass is 10.0. The van der Waals surface area contributed by atoms with E-state index >= 15 is 0 Å². The van der Waals surface area contributed by atoms with Crippen molar-refractivity contribution in [3.8, 4) is 0 Å². The van der Waals surface area contributed by atoms with E-state index in [2.05, 4.69) is 72.2 Å². The van der Waals surface area contributed by atoms with E-state index in [0.717, 1.165) is 112 Å². The molecule has 0 aliphatic rings. The number of benzene rings is 12. The smallest absolute Gasteiger partial charge is 0.338 e. The third-order valence-corrected chi connectivity index (χ3v) is 22.4. The van der Waals surface area contributed by atoms with Gasteiger partial charge in [-0.1, -0.05) is 236 Å². The standard InChI is InChI=1S/C29H28N4O4.2C28H26N4O4.C27H24N4O4/c1-19-12-13-25(20(2)14-19)30-29-32-26(15-21-8-4-5-10-23(21)17-37-18-34)31-27(33-29)16-22-9-6-7-11-24(22)28(35)36-3;1-19-9-3-8-14-24(19)29-28-31-25(15-20-10-4-5-12-22(20)17-36-18-33)30-26(32-28)16-21-11-6-7-13-23(21)27(34)35-2;1-19-8-7-12-23(14-19)29-28-31-25(15-20-9-3-4-11-22(20)17-36-18-33)30-26(32-28)16-21-10-5-6-13-24(21)27(34)35-2;1-34-26(33)23-14-8-7-10-20(23)16-25-29-24(15-19-9-5-6-11-21(19)17-35-18-32)30-27(31-25)28-22-12-3-2-4-13-22/h4-14,18H,15-17H2,1-3H3,(H,30,31,32,33);2*3-14,18H,15-17H2,1-2H3,(H,29,30,31,32);2-14,18H,15-17H2,1H3,(H,28,29,30,31). The summed E-state index contributed by atoms with van der Waals surface area (Å²) in [5.74, 6) is 4.16. The average molecular weight is 1930 g/mol. The van der Waals surface area contributed by atoms with E-state index in [1.807, 2.05) is 264 Å². The molecule has 0 aliphatic heterocycles. The van der Waals surface area contributed by atoms with E-state index in [-0.39, 0.29) is 26.4 Å². The number of esters is 4. The molecule has 0 amide bonds. The average Bonchev–Trinajstić information content (AvgIpc) is 0.823. The first-order valence-electron chi connectivity index (χ1n) is 45.7. The fourth-order valence-electron chi connectivity index (χ4n) is 15.4. The van der Waals surface area contributed by atoms with Crippen LogP contribution in [0.2, 0.25) is 0 Å². The van der Waals surface area contributed by atoms with Crippen molar-refractivity contribution in [2.45, 2.75) is 105 Å². The highest BCUT2D eigenvalue weighted by Gasteiger charge is 2.23. The van der Waals surface area contributed by atoms with Crippen LogP contribution >= 0.6 is 0 Å². The van der Waals surface area contributed by atoms with Crippen LogP contribution in [0.1, 0.15) is 177 Å². The third-order valence-electron chi connectivity index (χ3n) is 22.4. The van der Waals surface area contributed by atoms with Gasteiger partial charge in [0.1, 0.15) is 73.0 Å². The minimum atomic E-state index is -0.415. The fourth-order valence-corrected chi connectivity index (χ4v) is 15.4. The van der Waals surface area contributed by atoms with E-state index in [9.17, 15) is 38.4 Å². The molecule has 0 atom stereocenters. The highest BCUT2D eigenvalue weighted by atomic mass is 16.5. The Bertz CT molecular complexity index is 7160. The van der Waals surface area contributed by atoms with Crippen LogP contribution in [0.15, 0.2) is 291 Å². The zero-order valence-electron chi connectivity index (χ0n) is 80.4. The van der Waals surface area contributed by atoms with Gasteiger partial charge in [-0.2, -0.15) is 39.9 Å². The summed E-state index contributed by atoms with van der Waals surface area (Å²) in [6, 6.07) is 91.0. The summed E-state index contributed by atoms with van der Waals surface area (Å²) in [6.07, 6.45) is 2.92. The summed E-state index contributed by atoms with van der Waals surface area (Å²) in [5.41, 5.74) is 20.0. The van der Waals surface area contributed by atoms with Crippen LogP contribution in [-0.4, -0.2) is 138 Å². The second kappa shape index (κ2) is 53.0. The molecule has 144 heavy (non-hydrogen) atoms. The summed E-state index contributed by atoms with van der Waals surface area (Å²) in [6.45, 7) is 10.5. The Morgan fingerprint density at radius 2 is 0.472 bits per heavy atom. The van der Waals surface area contributed by atoms with Crippen LogP contribution < -0.4 is 21.3 Å². The van der Waals surface area contributed by atoms with Gasteiger partial charge in [-0.15, -0.1) is 0 Å². The number of nitrogens with zero attached hydrogens (tertiary/aromatic N) is 12. The normalized spacial score (nSPS) is 10.5. The molecule has 0 aliphatic carbocycles. The molecule has 4 aromatic heterocycles. The van der Waals surface area contributed by atoms with Crippen molar-refractivity contribution < 1.29 is 76.3 Å². The van der Waals surface area contributed by atoms with Crippen LogP contribution in [0.25, 0.3) is 0 Å². The third kappa shape index (κ3) is 30.3. The van der Waals surface area contributed by atoms with Crippen molar-refractivity contribution in [1.29, 1.82) is 0 Å². The van der Waals surface area contributed by atoms with Gasteiger partial charge in [0.25, 0.3) is 25.9 Å². The number of hydrogen-bond acceptors (Lipinski definition) is 32. The van der Waals surface area contributed by atoms with Gasteiger partial charge in [0, 0.05) is 74.1 Å². The molecule has 0 bridgehead atoms. The van der Waals surface area contributed by atoms with E-state index in [1.54, 1.807) is 48.5 Å². The Morgan fingerprint density at radius 1 is 0.229 bits per heavy atom. The number of carbonyl (C=O) groups is 8. The van der Waals surface area contributed by atoms with Gasteiger partial charge < -0.3 is 59.2 Å². The predicted octanol–water partition coefficient (Wildman–Crippen LogP) is 18.3. The zero-order valence-corrected chi connectivity index (χ0v) is 80.4. The van der Waals surface area contributed by atoms with Crippen molar-refractivity contribution in [1.82, 2.24) is 59.8 Å². The van der Waals surface area contributed by atoms with Crippen molar-refractivity contribution in [3.63, 3.8) is 0 Å². The number of anilines is 8. The molecule has 32 heteroatoms. The Kier molecular flexibility index (Phi) is 37.9. The molecule has 0 radical (unpaired) electrons. The van der Waals surface area contributed by atoms with Gasteiger partial charge in [-0.25, -0.2) is 39.1 Å². The Morgan fingerprint density at radius 3 is 0.764 bits per heavy atom. The van der Waals surface area contributed by atoms with Crippen molar-refractivity contribution >= 4 is 96.3 Å². The first kappa shape index (κ1) is 103. The number of aromatic nitrogens is 12. The maximum atomic E-state index is 12.3. The van der Waals surface area contributed by atoms with Gasteiger partial charge in [0.2, 0.25) is 23.8 Å². The van der Waals surface area contributed by atoms with Gasteiger partial charge in [0.05, 0.1) is 50.7 Å². The molecule has 0 saturated carbocycles. The fraction of sp³-hybridized carbons (Fsp3) is 0.179. The van der Waals surface area contributed by atoms with E-state index in [0.29, 0.717) is 170 Å². The predicted molar refractivity (Wildman–Crippen MR) is 540 cm³/mol. The molecular weight excluding hydrogens is 1830 g/mol. The Labute approximate surface area is 832 Å². The molecule has 728 valence electrons. The highest BCUT2D eigenvalue weighted by Crippen LogP contribution is 2.29. The summed E-state index contributed by atoms with van der Waals surface area (Å²) in [7, 11) is 5.43. The van der Waals surface area contributed by atoms with Crippen LogP contribution in [0.4, 0.5) is 46.5 Å². The molecule has 16 aromatic rings. The van der Waals surface area contributed by atoms with Gasteiger partial charge in [-0.05, 0) is 172 Å². The first-order chi connectivity index (χ1) is 70.2. The van der Waals surface area contributed by atoms with Crippen molar-refractivity contribution in [2.24, 2.45) is 0 Å². The summed E-state index contributed by atoms with van der Waals surface area (Å²) in [5, 5.41) is 13.1. The molecule has 4 N–H and O–H groups in total. The highest BCUT2D eigenvalue weighted by molar-refractivity contribution is 5.93. The minimum Gasteiger partial charge on any atom is -0.465 e. The van der Waals surface area contributed by atoms with Crippen LogP contribution in [0.3, 0.4) is 0 Å². The summed E-state index contributed by atoms with van der Waals surface area (Å²) >= 11 is 0. The van der Waals surface area contributed by atoms with E-state index in [1.165, 1.54) is 28.4 Å². The molecular formula is C112H104N16O16. The van der Waals surface area contributed by atoms with Crippen LogP contribution in [-0.2, 0) is 135 Å². The molecule has 0 fully saturated rings. The largest absolute Gasteiger partial charge is 0.465 e. The lowest BCUT2D eigenvalue weighted by Crippen LogP contribution is -2.12. The molecule has 0 spiro atoms. The lowest BCUT2D eigenvalue weighted by molar-refractivity contribution is -0.130. The number of ether oxygens (including phenoxy) is 8. The topological polar surface area (TPSA) is 413 Å². The monoisotopic (exact) mass is 1930 g/mol. The number of hydrogen-bond donors (Lipinski definition) is 4. The maximum Gasteiger partial charge on any atom is 0.338 e. The number of rotatable bonds is 40. The van der Waals surface area contributed by atoms with Crippen molar-refractivity contribution in [3.05, 3.63) is 449 Å². The molecule has 4 heterocycles. The van der Waals surface area contributed by atoms with Gasteiger partial charge in [0.15, 0.2) is 0 Å².